The number of hydrogen-bond acceptors (Lipinski definition) is 2. The van der Waals surface area contributed by atoms with Gasteiger partial charge in [-0.2, -0.15) is 0 Å². The minimum atomic E-state index is -1.83. The van der Waals surface area contributed by atoms with Gasteiger partial charge in [-0.3, -0.25) is 9.59 Å². The molecule has 0 saturated heterocycles. The second kappa shape index (κ2) is 9.65. The van der Waals surface area contributed by atoms with Crippen LogP contribution in [0.1, 0.15) is 52.4 Å². The summed E-state index contributed by atoms with van der Waals surface area (Å²) in [6.45, 7) is 2.10. The summed E-state index contributed by atoms with van der Waals surface area (Å²) >= 11 is 0. The van der Waals surface area contributed by atoms with Gasteiger partial charge in [-0.05, 0) is 12.0 Å². The van der Waals surface area contributed by atoms with Crippen LogP contribution < -0.4 is 18.9 Å². The summed E-state index contributed by atoms with van der Waals surface area (Å²) in [7, 11) is 0. The number of hydrogen-bond donors (Lipinski definition) is 2. The molecule has 0 atom stereocenters. The van der Waals surface area contributed by atoms with Gasteiger partial charge in [0.2, 0.25) is 0 Å². The van der Waals surface area contributed by atoms with Crippen molar-refractivity contribution < 1.29 is 40.1 Å². The van der Waals surface area contributed by atoms with E-state index in [2.05, 4.69) is 6.92 Å². The molecule has 0 aliphatic carbocycles. The second-order valence-electron chi connectivity index (χ2n) is 5.05. The number of benzene rings is 1. The average molecular weight is 286 g/mol. The second-order valence-corrected chi connectivity index (χ2v) is 5.05. The molecule has 1 rings (SSSR count). The summed E-state index contributed by atoms with van der Waals surface area (Å²) < 4.78 is 0. The van der Waals surface area contributed by atoms with Crippen LogP contribution in [0.15, 0.2) is 30.3 Å². The number of rotatable bonds is 9. The van der Waals surface area contributed by atoms with Crippen molar-refractivity contribution in [3.05, 3.63) is 35.9 Å². The molecule has 0 amide bonds. The van der Waals surface area contributed by atoms with Crippen LogP contribution >= 0.6 is 0 Å². The summed E-state index contributed by atoms with van der Waals surface area (Å²) in [5.41, 5.74) is -1.48. The summed E-state index contributed by atoms with van der Waals surface area (Å²) in [5, 5.41) is 18.9. The smallest absolute Gasteiger partial charge is 1.00 e. The van der Waals surface area contributed by atoms with Crippen molar-refractivity contribution in [1.82, 2.24) is 0 Å². The van der Waals surface area contributed by atoms with Gasteiger partial charge in [0.25, 0.3) is 0 Å². The molecule has 0 spiro atoms. The zero-order valence-electron chi connectivity index (χ0n) is 13.8. The molecule has 0 saturated carbocycles. The zero-order valence-corrected chi connectivity index (χ0v) is 12.8. The van der Waals surface area contributed by atoms with E-state index in [4.69, 9.17) is 0 Å². The Morgan fingerprint density at radius 1 is 1.00 bits per heavy atom. The van der Waals surface area contributed by atoms with E-state index in [1.165, 1.54) is 0 Å². The Kier molecular flexibility index (Phi) is 9.08. The molecule has 4 nitrogen and oxygen atoms in total. The molecule has 1 aromatic carbocycles. The largest absolute Gasteiger partial charge is 1.00 e. The molecule has 0 radical (unpaired) electrons. The van der Waals surface area contributed by atoms with E-state index >= 15 is 0 Å². The first kappa shape index (κ1) is 19.8. The molecule has 0 heterocycles. The van der Waals surface area contributed by atoms with Gasteiger partial charge in [-0.15, -0.1) is 0 Å². The first-order valence-electron chi connectivity index (χ1n) is 7.08. The van der Waals surface area contributed by atoms with Gasteiger partial charge in [0, 0.05) is 0 Å². The minimum absolute atomic E-state index is 0. The monoisotopic (exact) mass is 286 g/mol. The molecular weight excluding hydrogens is 263 g/mol. The van der Waals surface area contributed by atoms with E-state index in [0.29, 0.717) is 12.0 Å². The molecule has 0 aromatic heterocycles. The molecule has 112 valence electrons. The first-order chi connectivity index (χ1) is 9.55. The fourth-order valence-corrected chi connectivity index (χ4v) is 2.41. The van der Waals surface area contributed by atoms with Crippen molar-refractivity contribution in [2.24, 2.45) is 0 Å². The van der Waals surface area contributed by atoms with Gasteiger partial charge >= 0.3 is 30.8 Å². The standard InChI is InChI=1S/C16H22O4.Li.H/c1-2-3-4-5-9-12-16(14(17)18,15(19)20)13-10-7-6-8-11-13;;/h6-8,10-11H,2-5,9,12H2,1H3,(H,17,18)(H,19,20);;/q;+1;-1. The maximum atomic E-state index is 11.6. The normalized spacial score (nSPS) is 10.7. The van der Waals surface area contributed by atoms with Crippen LogP contribution in [0.5, 0.6) is 0 Å². The van der Waals surface area contributed by atoms with Crippen molar-refractivity contribution in [3.63, 3.8) is 0 Å². The average Bonchev–Trinajstić information content (AvgIpc) is 2.43. The Bertz CT molecular complexity index is 437. The molecule has 0 bridgehead atoms. The van der Waals surface area contributed by atoms with Crippen LogP contribution in [0.4, 0.5) is 0 Å². The number of aliphatic carboxylic acids is 2. The van der Waals surface area contributed by atoms with Gasteiger partial charge in [-0.25, -0.2) is 0 Å². The fourth-order valence-electron chi connectivity index (χ4n) is 2.41. The molecule has 5 heteroatoms. The number of unbranched alkanes of at least 4 members (excludes halogenated alkanes) is 4. The van der Waals surface area contributed by atoms with Crippen LogP contribution in [0.25, 0.3) is 0 Å². The van der Waals surface area contributed by atoms with E-state index in [-0.39, 0.29) is 26.7 Å². The Hall–Kier alpha value is -1.24. The Labute approximate surface area is 139 Å². The van der Waals surface area contributed by atoms with Gasteiger partial charge in [0.1, 0.15) is 0 Å². The molecule has 0 aliphatic heterocycles. The van der Waals surface area contributed by atoms with Crippen LogP contribution in [0.3, 0.4) is 0 Å². The molecule has 0 unspecified atom stereocenters. The van der Waals surface area contributed by atoms with Crippen molar-refractivity contribution >= 4 is 11.9 Å². The van der Waals surface area contributed by atoms with E-state index in [0.717, 1.165) is 25.7 Å². The van der Waals surface area contributed by atoms with Gasteiger partial charge < -0.3 is 11.6 Å². The van der Waals surface area contributed by atoms with Gasteiger partial charge in [0.15, 0.2) is 5.41 Å². The molecule has 0 fully saturated rings. The number of carboxylic acids is 2. The molecule has 0 aliphatic rings. The van der Waals surface area contributed by atoms with E-state index in [1.807, 2.05) is 0 Å². The summed E-state index contributed by atoms with van der Waals surface area (Å²) in [6, 6.07) is 8.25. The van der Waals surface area contributed by atoms with Crippen molar-refractivity contribution in [3.8, 4) is 0 Å². The zero-order chi connectivity index (χ0) is 15.0. The summed E-state index contributed by atoms with van der Waals surface area (Å²) in [5.74, 6) is -2.57. The Morgan fingerprint density at radius 3 is 2.00 bits per heavy atom. The van der Waals surface area contributed by atoms with Crippen LogP contribution in [-0.4, -0.2) is 22.2 Å². The predicted octanol–water partition coefficient (Wildman–Crippen LogP) is 0.571. The Balaban J connectivity index is 0. The topological polar surface area (TPSA) is 74.6 Å². The van der Waals surface area contributed by atoms with Gasteiger partial charge in [0.05, 0.1) is 0 Å². The third-order valence-electron chi connectivity index (χ3n) is 3.65. The van der Waals surface area contributed by atoms with Crippen molar-refractivity contribution in [2.75, 3.05) is 0 Å². The Morgan fingerprint density at radius 2 is 1.52 bits per heavy atom. The third-order valence-corrected chi connectivity index (χ3v) is 3.65. The van der Waals surface area contributed by atoms with E-state index in [9.17, 15) is 19.8 Å². The molecule has 2 N–H and O–H groups in total. The van der Waals surface area contributed by atoms with Crippen molar-refractivity contribution in [1.29, 1.82) is 0 Å². The fraction of sp³-hybridized carbons (Fsp3) is 0.500. The van der Waals surface area contributed by atoms with Crippen LogP contribution in [0.2, 0.25) is 0 Å². The van der Waals surface area contributed by atoms with Crippen LogP contribution in [-0.2, 0) is 15.0 Å². The van der Waals surface area contributed by atoms with E-state index in [1.54, 1.807) is 30.3 Å². The maximum absolute atomic E-state index is 11.6. The third kappa shape index (κ3) is 4.91. The van der Waals surface area contributed by atoms with Gasteiger partial charge in [-0.1, -0.05) is 69.4 Å². The van der Waals surface area contributed by atoms with Crippen molar-refractivity contribution in [2.45, 2.75) is 50.9 Å². The summed E-state index contributed by atoms with van der Waals surface area (Å²) in [4.78, 5) is 23.2. The molecular formula is C16H23LiO4. The van der Waals surface area contributed by atoms with Crippen LogP contribution in [0, 0.1) is 0 Å². The number of carboxylic acid groups (broad SMARTS) is 2. The quantitative estimate of drug-likeness (QED) is 0.395. The predicted molar refractivity (Wildman–Crippen MR) is 77.9 cm³/mol. The summed E-state index contributed by atoms with van der Waals surface area (Å²) in [6.07, 6.45) is 4.81. The molecule has 21 heavy (non-hydrogen) atoms. The maximum Gasteiger partial charge on any atom is 1.00 e. The first-order valence-corrected chi connectivity index (χ1v) is 7.08. The SMILES string of the molecule is CCCCCCCC(C(=O)O)(C(=O)O)c1ccccc1.[H-].[Li+]. The van der Waals surface area contributed by atoms with E-state index < -0.39 is 17.4 Å². The minimum Gasteiger partial charge on any atom is -1.00 e. The number of carbonyl (C=O) groups is 2. The molecule has 1 aromatic rings.